The van der Waals surface area contributed by atoms with E-state index in [1.165, 1.54) is 32.2 Å². The Labute approximate surface area is 175 Å². The van der Waals surface area contributed by atoms with Crippen LogP contribution < -0.4 is 21.0 Å². The van der Waals surface area contributed by atoms with Crippen molar-refractivity contribution in [2.45, 2.75) is 81.8 Å². The van der Waals surface area contributed by atoms with Crippen molar-refractivity contribution in [2.75, 3.05) is 40.8 Å². The average Bonchev–Trinajstić information content (AvgIpc) is 3.39. The first-order chi connectivity index (χ1) is 14.0. The molecule has 9 atom stereocenters. The number of hydrogen-bond acceptors (Lipinski definition) is 6. The molecule has 3 aliphatic heterocycles. The van der Waals surface area contributed by atoms with Gasteiger partial charge in [-0.25, -0.2) is 0 Å². The van der Waals surface area contributed by atoms with Crippen LogP contribution in [0.5, 0.6) is 0 Å². The molecule has 6 N–H and O–H groups in total. The number of rotatable bonds is 6. The summed E-state index contributed by atoms with van der Waals surface area (Å²) in [5.41, 5.74) is 3.32. The van der Waals surface area contributed by atoms with Gasteiger partial charge in [0.05, 0.1) is 38.0 Å². The van der Waals surface area contributed by atoms with Gasteiger partial charge in [-0.2, -0.15) is 5.48 Å². The molecule has 168 valence electrons. The lowest BCUT2D eigenvalue weighted by Gasteiger charge is -2.35. The molecule has 0 aromatic heterocycles. The number of aliphatic hydroxyl groups excluding tert-OH is 1. The molecule has 3 saturated heterocycles. The second-order valence-electron chi connectivity index (χ2n) is 10.00. The van der Waals surface area contributed by atoms with Crippen molar-refractivity contribution in [3.63, 3.8) is 0 Å². The number of nitrogens with one attached hydrogen (secondary N) is 3. The minimum Gasteiger partial charge on any atom is -0.393 e. The highest BCUT2D eigenvalue weighted by Crippen LogP contribution is 2.26. The Morgan fingerprint density at radius 3 is 2.76 bits per heavy atom. The Hall–Kier alpha value is -0.320. The number of hydroxylamine groups is 1. The van der Waals surface area contributed by atoms with Crippen molar-refractivity contribution < 1.29 is 24.9 Å². The van der Waals surface area contributed by atoms with E-state index in [0.717, 1.165) is 32.4 Å². The van der Waals surface area contributed by atoms with Crippen molar-refractivity contribution >= 4 is 0 Å². The van der Waals surface area contributed by atoms with Crippen molar-refractivity contribution in [3.8, 4) is 0 Å². The third kappa shape index (κ3) is 5.13. The van der Waals surface area contributed by atoms with Crippen LogP contribution in [-0.2, 0) is 9.57 Å². The number of nitrogens with two attached hydrogens (primary N) is 1. The van der Waals surface area contributed by atoms with Crippen molar-refractivity contribution in [2.24, 2.45) is 11.8 Å². The van der Waals surface area contributed by atoms with Gasteiger partial charge in [-0.1, -0.05) is 0 Å². The van der Waals surface area contributed by atoms with Crippen LogP contribution in [0.2, 0.25) is 0 Å². The van der Waals surface area contributed by atoms with E-state index in [4.69, 9.17) is 9.57 Å². The van der Waals surface area contributed by atoms with Crippen molar-refractivity contribution in [3.05, 3.63) is 0 Å². The molecule has 4 rings (SSSR count). The number of likely N-dealkylation sites (tertiary alicyclic amines) is 1. The number of piperidine rings is 1. The zero-order valence-corrected chi connectivity index (χ0v) is 18.5. The van der Waals surface area contributed by atoms with Crippen molar-refractivity contribution in [1.82, 2.24) is 15.7 Å². The molecule has 0 aromatic carbocycles. The first kappa shape index (κ1) is 21.9. The summed E-state index contributed by atoms with van der Waals surface area (Å²) in [4.78, 5) is 9.99. The van der Waals surface area contributed by atoms with Crippen LogP contribution in [0.25, 0.3) is 0 Å². The standard InChI is InChI=1S/C21H41N5O3/c1-25(2)19-9-7-14(12-22-19)20-23-21(29-24-20)17-5-4-10-26(17)13-15-6-8-16(28-3)11-18(15)27/h14-24,27H,4-13H2,1-3H3/p+2/t14?,15?,16?,17-,18?,19?,20?,21?/m1/s1. The highest BCUT2D eigenvalue weighted by Gasteiger charge is 2.45. The highest BCUT2D eigenvalue weighted by molar-refractivity contribution is 4.85. The number of methoxy groups -OCH3 is 1. The van der Waals surface area contributed by atoms with Crippen LogP contribution in [0, 0.1) is 11.8 Å². The molecule has 8 nitrogen and oxygen atoms in total. The Morgan fingerprint density at radius 2 is 2.07 bits per heavy atom. The Morgan fingerprint density at radius 1 is 1.21 bits per heavy atom. The van der Waals surface area contributed by atoms with Crippen LogP contribution in [-0.4, -0.2) is 87.7 Å². The number of ether oxygens (including phenoxy) is 1. The molecule has 8 unspecified atom stereocenters. The topological polar surface area (TPSA) is 87.0 Å². The fourth-order valence-electron chi connectivity index (χ4n) is 6.06. The molecule has 29 heavy (non-hydrogen) atoms. The predicted molar refractivity (Wildman–Crippen MR) is 110 cm³/mol. The summed E-state index contributed by atoms with van der Waals surface area (Å²) in [6.07, 6.45) is 8.78. The monoisotopic (exact) mass is 413 g/mol. The summed E-state index contributed by atoms with van der Waals surface area (Å²) in [5.74, 6) is 0.991. The highest BCUT2D eigenvalue weighted by atomic mass is 16.7. The number of nitrogens with zero attached hydrogens (tertiary/aromatic N) is 1. The van der Waals surface area contributed by atoms with Gasteiger partial charge in [-0.05, 0) is 39.8 Å². The molecular formula is C21H43N5O3+2. The summed E-state index contributed by atoms with van der Waals surface area (Å²) in [7, 11) is 6.10. The van der Waals surface area contributed by atoms with Gasteiger partial charge in [0, 0.05) is 38.2 Å². The van der Waals surface area contributed by atoms with E-state index < -0.39 is 0 Å². The maximum absolute atomic E-state index is 10.6. The minimum atomic E-state index is -0.229. The van der Waals surface area contributed by atoms with Crippen molar-refractivity contribution in [1.29, 1.82) is 0 Å². The van der Waals surface area contributed by atoms with E-state index >= 15 is 0 Å². The number of hydrogen-bond donors (Lipinski definition) is 5. The van der Waals surface area contributed by atoms with Gasteiger partial charge >= 0.3 is 0 Å². The second kappa shape index (κ2) is 9.87. The molecule has 1 saturated carbocycles. The lowest BCUT2D eigenvalue weighted by Crippen LogP contribution is -3.16. The van der Waals surface area contributed by atoms with Crippen LogP contribution >= 0.6 is 0 Å². The Balaban J connectivity index is 1.26. The Bertz CT molecular complexity index is 517. The van der Waals surface area contributed by atoms with Gasteiger partial charge in [-0.15, -0.1) is 0 Å². The van der Waals surface area contributed by atoms with Crippen LogP contribution in [0.15, 0.2) is 0 Å². The van der Waals surface area contributed by atoms with Gasteiger partial charge in [0.2, 0.25) is 0 Å². The summed E-state index contributed by atoms with van der Waals surface area (Å²) in [5, 5.41) is 16.8. The zero-order chi connectivity index (χ0) is 20.4. The predicted octanol–water partition coefficient (Wildman–Crippen LogP) is -2.15. The van der Waals surface area contributed by atoms with Gasteiger partial charge in [0.1, 0.15) is 12.2 Å². The molecule has 0 aromatic rings. The van der Waals surface area contributed by atoms with E-state index in [2.05, 4.69) is 35.1 Å². The zero-order valence-electron chi connectivity index (χ0n) is 18.5. The second-order valence-corrected chi connectivity index (χ2v) is 10.00. The van der Waals surface area contributed by atoms with Crippen LogP contribution in [0.1, 0.15) is 44.9 Å². The number of quaternary nitrogens is 2. The molecule has 0 spiro atoms. The van der Waals surface area contributed by atoms with Crippen LogP contribution in [0.3, 0.4) is 0 Å². The quantitative estimate of drug-likeness (QED) is 0.341. The number of aliphatic hydroxyl groups is 1. The van der Waals surface area contributed by atoms with Gasteiger partial charge in [0.15, 0.2) is 6.23 Å². The largest absolute Gasteiger partial charge is 0.393 e. The van der Waals surface area contributed by atoms with E-state index in [-0.39, 0.29) is 24.6 Å². The lowest BCUT2D eigenvalue weighted by atomic mass is 9.84. The lowest BCUT2D eigenvalue weighted by molar-refractivity contribution is -0.920. The first-order valence-corrected chi connectivity index (χ1v) is 11.8. The fraction of sp³-hybridized carbons (Fsp3) is 1.00. The fourth-order valence-corrected chi connectivity index (χ4v) is 6.06. The summed E-state index contributed by atoms with van der Waals surface area (Å²) in [6, 6.07) is 0.474. The van der Waals surface area contributed by atoms with E-state index in [9.17, 15) is 5.11 Å². The normalized spacial score (nSPS) is 46.4. The SMILES string of the molecule is COC1CCC(C[NH+]2CCC[C@@H]2C2NC(C3CCC(N(C)C)[NH2+]C3)NO2)C(O)C1. The van der Waals surface area contributed by atoms with Crippen LogP contribution in [0.4, 0.5) is 0 Å². The summed E-state index contributed by atoms with van der Waals surface area (Å²) in [6.45, 7) is 3.38. The molecule has 1 aliphatic carbocycles. The maximum atomic E-state index is 10.6. The molecule has 8 heteroatoms. The third-order valence-electron chi connectivity index (χ3n) is 8.01. The molecule has 3 heterocycles. The first-order valence-electron chi connectivity index (χ1n) is 11.8. The maximum Gasteiger partial charge on any atom is 0.183 e. The minimum absolute atomic E-state index is 0.0801. The van der Waals surface area contributed by atoms with Gasteiger partial charge in [0.25, 0.3) is 0 Å². The van der Waals surface area contributed by atoms with E-state index in [0.29, 0.717) is 24.0 Å². The average molecular weight is 414 g/mol. The summed E-state index contributed by atoms with van der Waals surface area (Å²) >= 11 is 0. The van der Waals surface area contributed by atoms with E-state index in [1.54, 1.807) is 12.0 Å². The molecule has 4 aliphatic rings. The van der Waals surface area contributed by atoms with Gasteiger partial charge < -0.3 is 20.1 Å². The van der Waals surface area contributed by atoms with E-state index in [1.807, 2.05) is 0 Å². The summed E-state index contributed by atoms with van der Waals surface area (Å²) < 4.78 is 5.46. The van der Waals surface area contributed by atoms with Gasteiger partial charge in [-0.3, -0.25) is 15.1 Å². The molecule has 0 bridgehead atoms. The smallest absolute Gasteiger partial charge is 0.183 e. The molecule has 4 fully saturated rings. The molecular weight excluding hydrogens is 370 g/mol. The molecule has 0 amide bonds. The molecule has 0 radical (unpaired) electrons. The Kier molecular flexibility index (Phi) is 7.45. The third-order valence-corrected chi connectivity index (χ3v) is 8.01.